The van der Waals surface area contributed by atoms with Gasteiger partial charge in [0.1, 0.15) is 34.0 Å². The molecule has 15 nitrogen and oxygen atoms in total. The summed E-state index contributed by atoms with van der Waals surface area (Å²) in [6.07, 6.45) is -0.905. The average molecular weight is 874 g/mol. The number of aromatic nitrogens is 1. The number of ether oxygens (including phenoxy) is 3. The zero-order valence-electron chi connectivity index (χ0n) is 38.6. The number of carboxylic acids is 1. The minimum atomic E-state index is -1.11. The molecule has 0 bridgehead atoms. The number of rotatable bonds is 21. The van der Waals surface area contributed by atoms with Crippen molar-refractivity contribution in [2.24, 2.45) is 23.7 Å². The zero-order chi connectivity index (χ0) is 46.4. The van der Waals surface area contributed by atoms with Crippen LogP contribution in [0.1, 0.15) is 143 Å². The van der Waals surface area contributed by atoms with E-state index in [0.29, 0.717) is 19.3 Å². The van der Waals surface area contributed by atoms with Crippen LogP contribution < -0.4 is 16.0 Å². The van der Waals surface area contributed by atoms with Gasteiger partial charge in [-0.1, -0.05) is 91.6 Å². The van der Waals surface area contributed by atoms with Crippen LogP contribution >= 0.6 is 11.3 Å². The molecule has 0 spiro atoms. The smallest absolute Gasteiger partial charge is 0.408 e. The fourth-order valence-electron chi connectivity index (χ4n) is 6.53. The third-order valence-corrected chi connectivity index (χ3v) is 11.3. The van der Waals surface area contributed by atoms with Gasteiger partial charge >= 0.3 is 24.1 Å². The lowest BCUT2D eigenvalue weighted by molar-refractivity contribution is -0.155. The number of hydrogen-bond donors (Lipinski definition) is 4. The molecule has 0 aliphatic heterocycles. The van der Waals surface area contributed by atoms with Crippen molar-refractivity contribution in [3.8, 4) is 0 Å². The molecule has 4 N–H and O–H groups in total. The Labute approximate surface area is 366 Å². The van der Waals surface area contributed by atoms with Gasteiger partial charge in [0.05, 0.1) is 5.92 Å². The molecule has 0 unspecified atom stereocenters. The van der Waals surface area contributed by atoms with Gasteiger partial charge in [-0.25, -0.2) is 19.4 Å². The normalized spacial score (nSPS) is 15.8. The standard InChI is InChI=1S/C45H71N5O10S/c1-15-27(5)35(48-42(56)59-44(8,9)10)39(52)50(14)33(26(3)4)24-34(58-41(55)36(28(6)16-2)49-43(57)60-45(11,12)13)38-47-32(25-61-38)37(51)46-31(22-29(7)40(53)54)23-30-20-18-17-19-21-30/h17-21,25-29,31,33-36H,15-16,22-24H2,1-14H3,(H,46,51)(H,48,56)(H,49,57)(H,53,54)/t27-,28-,29-,31+,33+,34+,35-,36-/m0/s1. The summed E-state index contributed by atoms with van der Waals surface area (Å²) >= 11 is 1.10. The van der Waals surface area contributed by atoms with Gasteiger partial charge in [-0.3, -0.25) is 14.4 Å². The third-order valence-electron chi connectivity index (χ3n) is 10.4. The van der Waals surface area contributed by atoms with E-state index in [4.69, 9.17) is 14.2 Å². The minimum Gasteiger partial charge on any atom is -0.481 e. The van der Waals surface area contributed by atoms with Crippen LogP contribution in [0, 0.1) is 23.7 Å². The Kier molecular flexibility index (Phi) is 20.2. The van der Waals surface area contributed by atoms with Gasteiger partial charge in [0, 0.05) is 30.9 Å². The molecule has 2 rings (SSSR count). The van der Waals surface area contributed by atoms with E-state index in [1.807, 2.05) is 65.0 Å². The predicted molar refractivity (Wildman–Crippen MR) is 235 cm³/mol. The molecule has 0 aliphatic rings. The molecule has 61 heavy (non-hydrogen) atoms. The van der Waals surface area contributed by atoms with E-state index < -0.39 is 77.4 Å². The largest absolute Gasteiger partial charge is 0.481 e. The van der Waals surface area contributed by atoms with E-state index in [1.165, 1.54) is 0 Å². The van der Waals surface area contributed by atoms with Crippen molar-refractivity contribution in [2.75, 3.05) is 7.05 Å². The lowest BCUT2D eigenvalue weighted by Crippen LogP contribution is -2.55. The number of carbonyl (C=O) groups is 6. The predicted octanol–water partition coefficient (Wildman–Crippen LogP) is 7.93. The summed E-state index contributed by atoms with van der Waals surface area (Å²) < 4.78 is 17.2. The Morgan fingerprint density at radius 3 is 1.80 bits per heavy atom. The number of esters is 1. The summed E-state index contributed by atoms with van der Waals surface area (Å²) in [5.41, 5.74) is -0.655. The Balaban J connectivity index is 2.60. The molecule has 0 fully saturated rings. The van der Waals surface area contributed by atoms with E-state index in [1.54, 1.807) is 72.7 Å². The van der Waals surface area contributed by atoms with E-state index >= 15 is 0 Å². The van der Waals surface area contributed by atoms with Gasteiger partial charge in [0.2, 0.25) is 5.91 Å². The first-order chi connectivity index (χ1) is 28.3. The minimum absolute atomic E-state index is 0.0383. The van der Waals surface area contributed by atoms with Gasteiger partial charge in [0.25, 0.3) is 5.91 Å². The number of nitrogens with one attached hydrogen (secondary N) is 3. The maximum Gasteiger partial charge on any atom is 0.408 e. The number of aliphatic carboxylic acids is 1. The molecule has 0 radical (unpaired) electrons. The van der Waals surface area contributed by atoms with Crippen molar-refractivity contribution < 1.29 is 48.1 Å². The summed E-state index contributed by atoms with van der Waals surface area (Å²) in [7, 11) is 1.63. The van der Waals surface area contributed by atoms with Gasteiger partial charge < -0.3 is 40.2 Å². The number of carbonyl (C=O) groups excluding carboxylic acids is 5. The number of benzene rings is 1. The van der Waals surface area contributed by atoms with Crippen LogP contribution in [-0.2, 0) is 35.0 Å². The maximum absolute atomic E-state index is 14.3. The number of likely N-dealkylation sites (N-methyl/N-ethyl adjacent to an activating group) is 1. The van der Waals surface area contributed by atoms with Crippen LogP contribution in [0.25, 0.3) is 0 Å². The molecule has 0 saturated heterocycles. The summed E-state index contributed by atoms with van der Waals surface area (Å²) in [4.78, 5) is 86.2. The van der Waals surface area contributed by atoms with Gasteiger partial charge in [-0.2, -0.15) is 0 Å². The second-order valence-corrected chi connectivity index (χ2v) is 19.2. The molecular weight excluding hydrogens is 803 g/mol. The first kappa shape index (κ1) is 52.4. The van der Waals surface area contributed by atoms with Crippen LogP contribution in [0.15, 0.2) is 35.7 Å². The lowest BCUT2D eigenvalue weighted by atomic mass is 9.93. The van der Waals surface area contributed by atoms with Crippen molar-refractivity contribution in [3.05, 3.63) is 52.0 Å². The van der Waals surface area contributed by atoms with Gasteiger partial charge in [-0.15, -0.1) is 11.3 Å². The Bertz CT molecular complexity index is 1760. The second kappa shape index (κ2) is 23.5. The molecule has 2 aromatic rings. The topological polar surface area (TPSA) is 203 Å². The molecule has 1 aromatic heterocycles. The van der Waals surface area contributed by atoms with Crippen LogP contribution in [0.2, 0.25) is 0 Å². The summed E-state index contributed by atoms with van der Waals surface area (Å²) in [5, 5.41) is 19.9. The maximum atomic E-state index is 14.3. The van der Waals surface area contributed by atoms with Gasteiger partial charge in [-0.05, 0) is 77.7 Å². The van der Waals surface area contributed by atoms with Crippen LogP contribution in [-0.4, -0.2) is 93.3 Å². The summed E-state index contributed by atoms with van der Waals surface area (Å²) in [6.45, 7) is 23.2. The number of amides is 4. The van der Waals surface area contributed by atoms with Crippen LogP contribution in [0.4, 0.5) is 9.59 Å². The zero-order valence-corrected chi connectivity index (χ0v) is 39.4. The molecule has 8 atom stereocenters. The van der Waals surface area contributed by atoms with Crippen molar-refractivity contribution in [2.45, 2.75) is 164 Å². The van der Waals surface area contributed by atoms with Gasteiger partial charge in [0.15, 0.2) is 6.10 Å². The van der Waals surface area contributed by atoms with E-state index in [2.05, 4.69) is 20.9 Å². The highest BCUT2D eigenvalue weighted by molar-refractivity contribution is 7.09. The Hall–Kier alpha value is -4.73. The number of nitrogens with zero attached hydrogens (tertiary/aromatic N) is 2. The van der Waals surface area contributed by atoms with Crippen molar-refractivity contribution in [3.63, 3.8) is 0 Å². The number of carboxylic acid groups (broad SMARTS) is 1. The summed E-state index contributed by atoms with van der Waals surface area (Å²) in [6, 6.07) is 6.27. The SMILES string of the molecule is CC[C@H](C)[C@H](NC(=O)OC(C)(C)C)C(=O)O[C@H](C[C@H](C(C)C)N(C)C(=O)[C@@H](NC(=O)OC(C)(C)C)[C@@H](C)CC)c1nc(C(=O)N[C@@H](Cc2ccccc2)C[C@H](C)C(=O)O)cs1. The third kappa shape index (κ3) is 17.6. The van der Waals surface area contributed by atoms with E-state index in [9.17, 15) is 33.9 Å². The molecule has 0 aliphatic carbocycles. The van der Waals surface area contributed by atoms with Crippen LogP contribution in [0.5, 0.6) is 0 Å². The van der Waals surface area contributed by atoms with Crippen LogP contribution in [0.3, 0.4) is 0 Å². The second-order valence-electron chi connectivity index (χ2n) is 18.3. The molecule has 16 heteroatoms. The fourth-order valence-corrected chi connectivity index (χ4v) is 7.37. The van der Waals surface area contributed by atoms with E-state index in [-0.39, 0.29) is 47.2 Å². The molecule has 4 amide bonds. The fraction of sp³-hybridized carbons (Fsp3) is 0.667. The Morgan fingerprint density at radius 2 is 1.31 bits per heavy atom. The first-order valence-corrected chi connectivity index (χ1v) is 22.1. The highest BCUT2D eigenvalue weighted by Gasteiger charge is 2.38. The average Bonchev–Trinajstić information content (AvgIpc) is 3.66. The van der Waals surface area contributed by atoms with Crippen molar-refractivity contribution in [1.29, 1.82) is 0 Å². The van der Waals surface area contributed by atoms with E-state index in [0.717, 1.165) is 16.9 Å². The molecule has 1 aromatic carbocycles. The molecule has 342 valence electrons. The summed E-state index contributed by atoms with van der Waals surface area (Å²) in [5.74, 6) is -4.20. The van der Waals surface area contributed by atoms with Crippen molar-refractivity contribution >= 4 is 47.3 Å². The molecule has 1 heterocycles. The Morgan fingerprint density at radius 1 is 0.787 bits per heavy atom. The highest BCUT2D eigenvalue weighted by Crippen LogP contribution is 2.32. The van der Waals surface area contributed by atoms with Crippen molar-refractivity contribution in [1.82, 2.24) is 25.8 Å². The number of hydrogen-bond acceptors (Lipinski definition) is 11. The highest BCUT2D eigenvalue weighted by atomic mass is 32.1. The lowest BCUT2D eigenvalue weighted by Gasteiger charge is -2.37. The molecule has 0 saturated carbocycles. The quantitative estimate of drug-likeness (QED) is 0.0701. The first-order valence-electron chi connectivity index (χ1n) is 21.3. The monoisotopic (exact) mass is 873 g/mol. The number of alkyl carbamates (subject to hydrolysis) is 2. The number of thiazole rings is 1. The molecular formula is C45H71N5O10S.